The third-order valence-corrected chi connectivity index (χ3v) is 3.46. The second-order valence-corrected chi connectivity index (χ2v) is 5.35. The van der Waals surface area contributed by atoms with Crippen molar-refractivity contribution in [2.75, 3.05) is 12.3 Å². The van der Waals surface area contributed by atoms with Crippen molar-refractivity contribution in [1.29, 1.82) is 0 Å². The van der Waals surface area contributed by atoms with Crippen LogP contribution in [0, 0.1) is 6.92 Å². The smallest absolute Gasteiger partial charge is 0.312 e. The molecule has 0 saturated heterocycles. The number of hydrogen-bond acceptors (Lipinski definition) is 3. The van der Waals surface area contributed by atoms with E-state index >= 15 is 0 Å². The van der Waals surface area contributed by atoms with E-state index in [1.54, 1.807) is 18.7 Å². The van der Waals surface area contributed by atoms with Gasteiger partial charge in [0.05, 0.1) is 0 Å². The summed E-state index contributed by atoms with van der Waals surface area (Å²) in [5.74, 6) is 0.543. The number of hydrogen-bond donors (Lipinski definition) is 3. The molecule has 0 unspecified atom stereocenters. The van der Waals surface area contributed by atoms with Gasteiger partial charge in [-0.3, -0.25) is 4.79 Å². The normalized spacial score (nSPS) is 11.7. The quantitative estimate of drug-likeness (QED) is 0.542. The summed E-state index contributed by atoms with van der Waals surface area (Å²) in [6.07, 6.45) is 0. The van der Waals surface area contributed by atoms with Gasteiger partial charge in [0.15, 0.2) is 0 Å². The van der Waals surface area contributed by atoms with Crippen molar-refractivity contribution in [1.82, 2.24) is 10.6 Å². The zero-order chi connectivity index (χ0) is 14.3. The van der Waals surface area contributed by atoms with Crippen molar-refractivity contribution in [2.24, 2.45) is 5.73 Å². The molecule has 5 nitrogen and oxygen atoms in total. The van der Waals surface area contributed by atoms with E-state index in [2.05, 4.69) is 34.9 Å². The summed E-state index contributed by atoms with van der Waals surface area (Å²) < 4.78 is 0. The van der Waals surface area contributed by atoms with Crippen molar-refractivity contribution in [3.63, 3.8) is 0 Å². The fraction of sp³-hybridized carbons (Fsp3) is 0.385. The lowest BCUT2D eigenvalue weighted by atomic mass is 10.2. The summed E-state index contributed by atoms with van der Waals surface area (Å²) in [6, 6.07) is 6.91. The average Bonchev–Trinajstić information content (AvgIpc) is 2.35. The van der Waals surface area contributed by atoms with Crippen molar-refractivity contribution in [3.05, 3.63) is 29.8 Å². The number of urea groups is 1. The topological polar surface area (TPSA) is 84.2 Å². The molecule has 0 aliphatic rings. The van der Waals surface area contributed by atoms with E-state index < -0.39 is 12.1 Å². The third kappa shape index (κ3) is 6.15. The highest BCUT2D eigenvalue weighted by molar-refractivity contribution is 7.99. The minimum atomic E-state index is -0.698. The molecule has 0 bridgehead atoms. The summed E-state index contributed by atoms with van der Waals surface area (Å²) in [6.45, 7) is 4.18. The second kappa shape index (κ2) is 7.68. The van der Waals surface area contributed by atoms with Gasteiger partial charge in [-0.25, -0.2) is 4.79 Å². The molecule has 0 spiro atoms. The van der Waals surface area contributed by atoms with Gasteiger partial charge < -0.3 is 16.4 Å². The maximum absolute atomic E-state index is 11.5. The maximum Gasteiger partial charge on any atom is 0.312 e. The molecule has 19 heavy (non-hydrogen) atoms. The first kappa shape index (κ1) is 15.4. The maximum atomic E-state index is 11.5. The fourth-order valence-electron chi connectivity index (χ4n) is 1.41. The molecule has 0 heterocycles. The molecular formula is C13H19N3O2S. The Balaban J connectivity index is 2.21. The lowest BCUT2D eigenvalue weighted by Crippen LogP contribution is -2.47. The molecule has 0 aliphatic carbocycles. The van der Waals surface area contributed by atoms with Gasteiger partial charge in [-0.1, -0.05) is 17.7 Å². The zero-order valence-electron chi connectivity index (χ0n) is 11.1. The minimum Gasteiger partial charge on any atom is -0.353 e. The van der Waals surface area contributed by atoms with Crippen LogP contribution in [0.25, 0.3) is 0 Å². The van der Waals surface area contributed by atoms with E-state index in [9.17, 15) is 9.59 Å². The number of rotatable bonds is 6. The van der Waals surface area contributed by atoms with Crippen LogP contribution >= 0.6 is 11.8 Å². The van der Waals surface area contributed by atoms with Gasteiger partial charge in [0.1, 0.15) is 6.04 Å². The molecule has 0 aliphatic heterocycles. The summed E-state index contributed by atoms with van der Waals surface area (Å²) >= 11 is 1.67. The van der Waals surface area contributed by atoms with E-state index in [1.165, 1.54) is 10.5 Å². The Morgan fingerprint density at radius 1 is 1.32 bits per heavy atom. The van der Waals surface area contributed by atoms with Gasteiger partial charge in [0.2, 0.25) is 5.91 Å². The molecule has 0 saturated carbocycles. The largest absolute Gasteiger partial charge is 0.353 e. The summed E-state index contributed by atoms with van der Waals surface area (Å²) in [5, 5.41) is 5.07. The number of benzene rings is 1. The number of nitrogens with two attached hydrogens (primary N) is 1. The second-order valence-electron chi connectivity index (χ2n) is 4.18. The summed E-state index contributed by atoms with van der Waals surface area (Å²) in [5.41, 5.74) is 6.17. The van der Waals surface area contributed by atoms with E-state index in [4.69, 9.17) is 5.73 Å². The molecule has 1 rings (SSSR count). The monoisotopic (exact) mass is 281 g/mol. The highest BCUT2D eigenvalue weighted by Gasteiger charge is 2.12. The average molecular weight is 281 g/mol. The highest BCUT2D eigenvalue weighted by Crippen LogP contribution is 2.17. The van der Waals surface area contributed by atoms with E-state index in [0.717, 1.165) is 5.75 Å². The Hall–Kier alpha value is -1.69. The number of nitrogens with one attached hydrogen (secondary N) is 2. The number of amides is 3. The summed E-state index contributed by atoms with van der Waals surface area (Å²) in [7, 11) is 0. The first-order chi connectivity index (χ1) is 8.99. The molecule has 6 heteroatoms. The van der Waals surface area contributed by atoms with Crippen LogP contribution in [-0.2, 0) is 4.79 Å². The van der Waals surface area contributed by atoms with Crippen LogP contribution in [0.15, 0.2) is 29.2 Å². The standard InChI is InChI=1S/C13H19N3O2S/c1-9-3-5-11(6-4-9)19-8-7-15-12(17)10(2)16-13(14)18/h3-6,10H,7-8H2,1-2H3,(H,15,17)(H3,14,16,18)/t10-/m1/s1. The van der Waals surface area contributed by atoms with E-state index in [-0.39, 0.29) is 5.91 Å². The van der Waals surface area contributed by atoms with Crippen LogP contribution in [0.3, 0.4) is 0 Å². The lowest BCUT2D eigenvalue weighted by Gasteiger charge is -2.12. The summed E-state index contributed by atoms with van der Waals surface area (Å²) in [4.78, 5) is 23.3. The Kier molecular flexibility index (Phi) is 6.21. The molecule has 0 aromatic heterocycles. The highest BCUT2D eigenvalue weighted by atomic mass is 32.2. The van der Waals surface area contributed by atoms with Gasteiger partial charge in [0, 0.05) is 17.2 Å². The van der Waals surface area contributed by atoms with E-state index in [1.807, 2.05) is 6.92 Å². The van der Waals surface area contributed by atoms with E-state index in [0.29, 0.717) is 6.54 Å². The van der Waals surface area contributed by atoms with Gasteiger partial charge in [-0.15, -0.1) is 11.8 Å². The predicted octanol–water partition coefficient (Wildman–Crippen LogP) is 1.26. The number of thioether (sulfide) groups is 1. The molecule has 4 N–H and O–H groups in total. The van der Waals surface area contributed by atoms with Crippen LogP contribution in [0.2, 0.25) is 0 Å². The van der Waals surface area contributed by atoms with Gasteiger partial charge in [-0.05, 0) is 26.0 Å². The number of primary amides is 1. The molecule has 3 amide bonds. The first-order valence-corrected chi connectivity index (χ1v) is 7.00. The van der Waals surface area contributed by atoms with Gasteiger partial charge in [0.25, 0.3) is 0 Å². The third-order valence-electron chi connectivity index (χ3n) is 2.44. The molecule has 0 fully saturated rings. The van der Waals surface area contributed by atoms with Crippen molar-refractivity contribution in [3.8, 4) is 0 Å². The van der Waals surface area contributed by atoms with Crippen LogP contribution in [0.4, 0.5) is 4.79 Å². The lowest BCUT2D eigenvalue weighted by molar-refractivity contribution is -0.122. The van der Waals surface area contributed by atoms with Crippen molar-refractivity contribution >= 4 is 23.7 Å². The van der Waals surface area contributed by atoms with Crippen LogP contribution in [0.5, 0.6) is 0 Å². The Morgan fingerprint density at radius 2 is 1.95 bits per heavy atom. The van der Waals surface area contributed by atoms with Crippen LogP contribution in [0.1, 0.15) is 12.5 Å². The molecular weight excluding hydrogens is 262 g/mol. The zero-order valence-corrected chi connectivity index (χ0v) is 11.9. The number of carbonyl (C=O) groups excluding carboxylic acids is 2. The molecule has 1 aromatic rings. The van der Waals surface area contributed by atoms with Crippen LogP contribution < -0.4 is 16.4 Å². The molecule has 1 atom stereocenters. The fourth-order valence-corrected chi connectivity index (χ4v) is 2.18. The van der Waals surface area contributed by atoms with Gasteiger partial charge >= 0.3 is 6.03 Å². The minimum absolute atomic E-state index is 0.233. The van der Waals surface area contributed by atoms with Crippen molar-refractivity contribution < 1.29 is 9.59 Å². The Morgan fingerprint density at radius 3 is 2.53 bits per heavy atom. The SMILES string of the molecule is Cc1ccc(SCCNC(=O)[C@@H](C)NC(N)=O)cc1. The predicted molar refractivity (Wildman–Crippen MR) is 77.1 cm³/mol. The number of aryl methyl sites for hydroxylation is 1. The van der Waals surface area contributed by atoms with Crippen LogP contribution in [-0.4, -0.2) is 30.3 Å². The molecule has 1 aromatic carbocycles. The number of carbonyl (C=O) groups is 2. The molecule has 104 valence electrons. The van der Waals surface area contributed by atoms with Gasteiger partial charge in [-0.2, -0.15) is 0 Å². The molecule has 0 radical (unpaired) electrons. The Labute approximate surface area is 117 Å². The Bertz CT molecular complexity index is 434. The van der Waals surface area contributed by atoms with Crippen molar-refractivity contribution in [2.45, 2.75) is 24.8 Å². The first-order valence-electron chi connectivity index (χ1n) is 6.02.